The van der Waals surface area contributed by atoms with Crippen molar-refractivity contribution in [2.75, 3.05) is 0 Å². The van der Waals surface area contributed by atoms with E-state index in [9.17, 15) is 9.90 Å². The van der Waals surface area contributed by atoms with Crippen LogP contribution in [0.25, 0.3) is 0 Å². The second-order valence-corrected chi connectivity index (χ2v) is 2.08. The summed E-state index contributed by atoms with van der Waals surface area (Å²) in [5, 5.41) is 10.4. The number of nitrogens with two attached hydrogens (primary N) is 1. The van der Waals surface area contributed by atoms with Crippen LogP contribution in [0.3, 0.4) is 0 Å². The van der Waals surface area contributed by atoms with E-state index < -0.39 is 5.60 Å². The van der Waals surface area contributed by atoms with Gasteiger partial charge in [-0.25, -0.2) is 5.84 Å². The van der Waals surface area contributed by atoms with Crippen molar-refractivity contribution in [3.05, 3.63) is 24.6 Å². The third-order valence-electron chi connectivity index (χ3n) is 1.22. The van der Waals surface area contributed by atoms with E-state index in [0.29, 0.717) is 6.29 Å². The topological polar surface area (TPSA) is 66.6 Å². The Balaban J connectivity index is 2.78. The minimum atomic E-state index is -1.46. The van der Waals surface area contributed by atoms with Crippen LogP contribution in [-0.2, 0) is 4.79 Å². The molecule has 0 aromatic rings. The third-order valence-corrected chi connectivity index (χ3v) is 1.22. The first-order valence-electron chi connectivity index (χ1n) is 2.77. The van der Waals surface area contributed by atoms with E-state index in [1.165, 1.54) is 29.6 Å². The first-order valence-corrected chi connectivity index (χ1v) is 2.77. The van der Waals surface area contributed by atoms with Crippen molar-refractivity contribution in [3.8, 4) is 0 Å². The molecule has 0 unspecified atom stereocenters. The number of aldehydes is 1. The summed E-state index contributed by atoms with van der Waals surface area (Å²) < 4.78 is 0. The Kier molecular flexibility index (Phi) is 1.57. The van der Waals surface area contributed by atoms with Gasteiger partial charge in [-0.15, -0.1) is 0 Å². The lowest BCUT2D eigenvalue weighted by Crippen LogP contribution is -2.32. The summed E-state index contributed by atoms with van der Waals surface area (Å²) in [7, 11) is 0. The molecular formula is C6H8N2O2. The molecule has 4 nitrogen and oxygen atoms in total. The summed E-state index contributed by atoms with van der Waals surface area (Å²) in [5.41, 5.74) is -1.46. The first kappa shape index (κ1) is 6.98. The van der Waals surface area contributed by atoms with E-state index in [4.69, 9.17) is 5.84 Å². The van der Waals surface area contributed by atoms with Crippen molar-refractivity contribution in [1.29, 1.82) is 0 Å². The number of nitrogens with zero attached hydrogens (tertiary/aromatic N) is 1. The molecule has 1 heterocycles. The predicted molar refractivity (Wildman–Crippen MR) is 35.3 cm³/mol. The van der Waals surface area contributed by atoms with Crippen LogP contribution in [0.2, 0.25) is 0 Å². The molecular weight excluding hydrogens is 132 g/mol. The molecule has 4 heteroatoms. The summed E-state index contributed by atoms with van der Waals surface area (Å²) in [5.74, 6) is 5.24. The van der Waals surface area contributed by atoms with Gasteiger partial charge < -0.3 is 5.11 Å². The molecule has 0 aromatic carbocycles. The number of rotatable bonds is 1. The molecule has 3 N–H and O–H groups in total. The summed E-state index contributed by atoms with van der Waals surface area (Å²) >= 11 is 0. The van der Waals surface area contributed by atoms with Crippen molar-refractivity contribution in [2.24, 2.45) is 5.84 Å². The van der Waals surface area contributed by atoms with Crippen LogP contribution in [0.1, 0.15) is 0 Å². The highest BCUT2D eigenvalue weighted by atomic mass is 16.3. The zero-order valence-corrected chi connectivity index (χ0v) is 5.27. The monoisotopic (exact) mass is 140 g/mol. The van der Waals surface area contributed by atoms with Crippen LogP contribution in [0, 0.1) is 0 Å². The first-order chi connectivity index (χ1) is 4.66. The van der Waals surface area contributed by atoms with Crippen LogP contribution in [0.15, 0.2) is 24.6 Å². The van der Waals surface area contributed by atoms with Crippen LogP contribution in [-0.4, -0.2) is 22.0 Å². The highest BCUT2D eigenvalue weighted by molar-refractivity contribution is 5.69. The van der Waals surface area contributed by atoms with Gasteiger partial charge in [0.05, 0.1) is 0 Å². The van der Waals surface area contributed by atoms with E-state index in [0.717, 1.165) is 0 Å². The van der Waals surface area contributed by atoms with Gasteiger partial charge in [0, 0.05) is 12.4 Å². The molecule has 0 aromatic heterocycles. The van der Waals surface area contributed by atoms with Gasteiger partial charge in [0.1, 0.15) is 0 Å². The summed E-state index contributed by atoms with van der Waals surface area (Å²) in [6, 6.07) is 0. The zero-order valence-electron chi connectivity index (χ0n) is 5.27. The van der Waals surface area contributed by atoms with Gasteiger partial charge in [-0.1, -0.05) is 0 Å². The van der Waals surface area contributed by atoms with E-state index >= 15 is 0 Å². The molecule has 0 saturated heterocycles. The largest absolute Gasteiger partial charge is 0.374 e. The Morgan fingerprint density at radius 2 is 2.00 bits per heavy atom. The van der Waals surface area contributed by atoms with Crippen LogP contribution < -0.4 is 5.84 Å². The van der Waals surface area contributed by atoms with Gasteiger partial charge >= 0.3 is 0 Å². The SMILES string of the molecule is NN1C=CC(O)(C=O)C=C1. The molecule has 0 bridgehead atoms. The summed E-state index contributed by atoms with van der Waals surface area (Å²) in [4.78, 5) is 10.2. The Morgan fingerprint density at radius 1 is 1.50 bits per heavy atom. The summed E-state index contributed by atoms with van der Waals surface area (Å²) in [6.07, 6.45) is 5.87. The highest BCUT2D eigenvalue weighted by Gasteiger charge is 2.20. The molecule has 1 aliphatic rings. The fourth-order valence-corrected chi connectivity index (χ4v) is 0.595. The maximum absolute atomic E-state index is 10.2. The van der Waals surface area contributed by atoms with Gasteiger partial charge in [-0.05, 0) is 12.2 Å². The van der Waals surface area contributed by atoms with Crippen molar-refractivity contribution in [3.63, 3.8) is 0 Å². The van der Waals surface area contributed by atoms with Crippen molar-refractivity contribution < 1.29 is 9.90 Å². The molecule has 0 spiro atoms. The molecule has 54 valence electrons. The molecule has 1 rings (SSSR count). The lowest BCUT2D eigenvalue weighted by atomic mass is 10.1. The van der Waals surface area contributed by atoms with Gasteiger partial charge in [-0.2, -0.15) is 0 Å². The van der Waals surface area contributed by atoms with Gasteiger partial charge in [0.25, 0.3) is 0 Å². The number of aliphatic hydroxyl groups is 1. The lowest BCUT2D eigenvalue weighted by Gasteiger charge is -2.19. The fraction of sp³-hybridized carbons (Fsp3) is 0.167. The van der Waals surface area contributed by atoms with Gasteiger partial charge in [-0.3, -0.25) is 9.80 Å². The Morgan fingerprint density at radius 3 is 2.40 bits per heavy atom. The third kappa shape index (κ3) is 1.23. The zero-order chi connectivity index (χ0) is 7.61. The van der Waals surface area contributed by atoms with E-state index in [2.05, 4.69) is 0 Å². The smallest absolute Gasteiger partial charge is 0.160 e. The number of hydrogen-bond donors (Lipinski definition) is 2. The second-order valence-electron chi connectivity index (χ2n) is 2.08. The Bertz CT molecular complexity index is 184. The van der Waals surface area contributed by atoms with Gasteiger partial charge in [0.15, 0.2) is 11.9 Å². The molecule has 0 fully saturated rings. The number of carbonyl (C=O) groups is 1. The molecule has 1 aliphatic heterocycles. The lowest BCUT2D eigenvalue weighted by molar-refractivity contribution is -0.117. The van der Waals surface area contributed by atoms with E-state index in [-0.39, 0.29) is 0 Å². The van der Waals surface area contributed by atoms with Crippen molar-refractivity contribution >= 4 is 6.29 Å². The Hall–Kier alpha value is -1.13. The highest BCUT2D eigenvalue weighted by Crippen LogP contribution is 2.09. The number of hydrogen-bond acceptors (Lipinski definition) is 4. The molecule has 0 saturated carbocycles. The van der Waals surface area contributed by atoms with Crippen molar-refractivity contribution in [2.45, 2.75) is 5.60 Å². The molecule has 0 radical (unpaired) electrons. The maximum Gasteiger partial charge on any atom is 0.160 e. The summed E-state index contributed by atoms with van der Waals surface area (Å²) in [6.45, 7) is 0. The number of hydrazine groups is 1. The predicted octanol–water partition coefficient (Wildman–Crippen LogP) is -0.867. The average molecular weight is 140 g/mol. The van der Waals surface area contributed by atoms with Crippen LogP contribution in [0.5, 0.6) is 0 Å². The molecule has 10 heavy (non-hydrogen) atoms. The molecule has 0 atom stereocenters. The maximum atomic E-state index is 10.2. The fourth-order valence-electron chi connectivity index (χ4n) is 0.595. The van der Waals surface area contributed by atoms with E-state index in [1.807, 2.05) is 0 Å². The molecule has 0 amide bonds. The molecule has 0 aliphatic carbocycles. The standard InChI is InChI=1S/C6H8N2O2/c7-8-3-1-6(10,5-9)2-4-8/h1-5,10H,7H2. The van der Waals surface area contributed by atoms with Crippen LogP contribution in [0.4, 0.5) is 0 Å². The minimum absolute atomic E-state index is 0.438. The number of carbonyl (C=O) groups excluding carboxylic acids is 1. The quantitative estimate of drug-likeness (QED) is 0.367. The minimum Gasteiger partial charge on any atom is -0.374 e. The van der Waals surface area contributed by atoms with Crippen molar-refractivity contribution in [1.82, 2.24) is 5.01 Å². The Labute approximate surface area is 58.2 Å². The average Bonchev–Trinajstić information content (AvgIpc) is 1.96. The second kappa shape index (κ2) is 2.24. The van der Waals surface area contributed by atoms with E-state index in [1.54, 1.807) is 0 Å². The van der Waals surface area contributed by atoms with Gasteiger partial charge in [0.2, 0.25) is 0 Å². The van der Waals surface area contributed by atoms with Crippen LogP contribution >= 0.6 is 0 Å². The normalized spacial score (nSPS) is 21.2.